The lowest BCUT2D eigenvalue weighted by Gasteiger charge is -2.04. The van der Waals surface area contributed by atoms with Gasteiger partial charge in [0.15, 0.2) is 9.84 Å². The van der Waals surface area contributed by atoms with E-state index in [0.717, 1.165) is 16.5 Å². The van der Waals surface area contributed by atoms with E-state index >= 15 is 0 Å². The molecule has 0 aliphatic heterocycles. The Kier molecular flexibility index (Phi) is 5.34. The van der Waals surface area contributed by atoms with E-state index in [1.807, 2.05) is 0 Å². The molecule has 0 aliphatic carbocycles. The third-order valence-electron chi connectivity index (χ3n) is 3.78. The van der Waals surface area contributed by atoms with Crippen molar-refractivity contribution in [3.63, 3.8) is 0 Å². The lowest BCUT2D eigenvalue weighted by atomic mass is 10.0. The van der Waals surface area contributed by atoms with Gasteiger partial charge in [-0.3, -0.25) is 0 Å². The molecule has 0 fully saturated rings. The molecule has 0 bridgehead atoms. The average molecular weight is 404 g/mol. The van der Waals surface area contributed by atoms with Crippen molar-refractivity contribution in [2.45, 2.75) is 11.8 Å². The molecule has 139 valence electrons. The van der Waals surface area contributed by atoms with Crippen LogP contribution in [0.4, 0.5) is 4.79 Å². The second-order valence-corrected chi connectivity index (χ2v) is 8.20. The van der Waals surface area contributed by atoms with Gasteiger partial charge in [0.2, 0.25) is 0 Å². The van der Waals surface area contributed by atoms with Gasteiger partial charge in [0.1, 0.15) is 11.9 Å². The molecule has 1 heterocycles. The van der Waals surface area contributed by atoms with Crippen LogP contribution in [0.3, 0.4) is 0 Å². The number of carbonyl (C=O) groups excluding carboxylic acids is 1. The van der Waals surface area contributed by atoms with E-state index in [4.69, 9.17) is 16.3 Å². The van der Waals surface area contributed by atoms with Crippen LogP contribution in [0.5, 0.6) is 0 Å². The first-order chi connectivity index (χ1) is 12.8. The van der Waals surface area contributed by atoms with Crippen molar-refractivity contribution in [3.05, 3.63) is 59.8 Å². The maximum atomic E-state index is 12.1. The molecule has 3 rings (SSSR count). The number of halogens is 1. The highest BCUT2D eigenvalue weighted by atomic mass is 35.5. The molecule has 0 spiro atoms. The maximum Gasteiger partial charge on any atom is 0.435 e. The summed E-state index contributed by atoms with van der Waals surface area (Å²) in [7, 11) is -3.31. The van der Waals surface area contributed by atoms with Gasteiger partial charge in [0.25, 0.3) is 0 Å². The Morgan fingerprint density at radius 3 is 2.26 bits per heavy atom. The van der Waals surface area contributed by atoms with Gasteiger partial charge >= 0.3 is 6.09 Å². The Balaban J connectivity index is 2.12. The molecule has 1 radical (unpaired) electrons. The quantitative estimate of drug-likeness (QED) is 0.655. The zero-order valence-corrected chi connectivity index (χ0v) is 16.2. The van der Waals surface area contributed by atoms with Crippen LogP contribution in [0.15, 0.2) is 53.4 Å². The Morgan fingerprint density at radius 2 is 1.70 bits per heavy atom. The lowest BCUT2D eigenvalue weighted by Crippen LogP contribution is -2.14. The summed E-state index contributed by atoms with van der Waals surface area (Å²) in [6.45, 7) is 1.91. The predicted molar refractivity (Wildman–Crippen MR) is 102 cm³/mol. The smallest absolute Gasteiger partial charge is 0.435 e. The largest absolute Gasteiger partial charge is 0.448 e. The van der Waals surface area contributed by atoms with Crippen LogP contribution in [0, 0.1) is 6.20 Å². The van der Waals surface area contributed by atoms with Crippen LogP contribution in [0.1, 0.15) is 6.92 Å². The minimum Gasteiger partial charge on any atom is -0.448 e. The van der Waals surface area contributed by atoms with Gasteiger partial charge in [-0.25, -0.2) is 13.2 Å². The Bertz CT molecular complexity index is 1070. The zero-order valence-electron chi connectivity index (χ0n) is 14.6. The summed E-state index contributed by atoms with van der Waals surface area (Å²) < 4.78 is 29.3. The van der Waals surface area contributed by atoms with Gasteiger partial charge in [-0.05, 0) is 36.8 Å². The number of benzene rings is 2. The van der Waals surface area contributed by atoms with E-state index in [0.29, 0.717) is 21.8 Å². The fourth-order valence-electron chi connectivity index (χ4n) is 2.48. The molecule has 0 saturated heterocycles. The van der Waals surface area contributed by atoms with Crippen molar-refractivity contribution in [2.75, 3.05) is 12.9 Å². The second-order valence-electron chi connectivity index (χ2n) is 5.75. The number of nitrogens with zero attached hydrogens (tertiary/aromatic N) is 2. The van der Waals surface area contributed by atoms with Crippen LogP contribution >= 0.6 is 11.6 Å². The molecule has 27 heavy (non-hydrogen) atoms. The van der Waals surface area contributed by atoms with Crippen molar-refractivity contribution < 1.29 is 17.9 Å². The number of aromatic nitrogens is 2. The molecule has 0 saturated carbocycles. The van der Waals surface area contributed by atoms with Crippen molar-refractivity contribution in [2.24, 2.45) is 0 Å². The SMILES string of the molecule is CCOC(=O)n1[c]c(-c2ccc(Cl)cc2)c(-c2ccc(S(C)(=O)=O)cc2)n1. The number of hydrogen-bond acceptors (Lipinski definition) is 5. The summed E-state index contributed by atoms with van der Waals surface area (Å²) in [5.74, 6) is 0. The highest BCUT2D eigenvalue weighted by Gasteiger charge is 2.18. The minimum absolute atomic E-state index is 0.202. The molecule has 0 amide bonds. The summed E-state index contributed by atoms with van der Waals surface area (Å²) in [5.41, 5.74) is 2.46. The molecule has 0 aliphatic rings. The Labute approximate surface area is 162 Å². The first-order valence-electron chi connectivity index (χ1n) is 8.05. The van der Waals surface area contributed by atoms with E-state index in [9.17, 15) is 13.2 Å². The van der Waals surface area contributed by atoms with E-state index in [2.05, 4.69) is 11.3 Å². The number of hydrogen-bond donors (Lipinski definition) is 0. The summed E-state index contributed by atoms with van der Waals surface area (Å²) in [6.07, 6.45) is 3.41. The highest BCUT2D eigenvalue weighted by Crippen LogP contribution is 2.32. The number of sulfone groups is 1. The number of carbonyl (C=O) groups is 1. The fourth-order valence-corrected chi connectivity index (χ4v) is 3.24. The van der Waals surface area contributed by atoms with E-state index < -0.39 is 15.9 Å². The summed E-state index contributed by atoms with van der Waals surface area (Å²) in [5, 5.41) is 4.87. The van der Waals surface area contributed by atoms with Gasteiger partial charge in [0, 0.05) is 22.4 Å². The molecule has 0 unspecified atom stereocenters. The minimum atomic E-state index is -3.31. The molecule has 3 aromatic rings. The summed E-state index contributed by atoms with van der Waals surface area (Å²) in [6, 6.07) is 13.3. The van der Waals surface area contributed by atoms with E-state index in [-0.39, 0.29) is 11.5 Å². The Morgan fingerprint density at radius 1 is 1.11 bits per heavy atom. The summed E-state index contributed by atoms with van der Waals surface area (Å²) >= 11 is 5.95. The monoisotopic (exact) mass is 403 g/mol. The average Bonchev–Trinajstić information content (AvgIpc) is 3.07. The van der Waals surface area contributed by atoms with Gasteiger partial charge in [-0.2, -0.15) is 9.78 Å². The normalized spacial score (nSPS) is 11.4. The number of ether oxygens (including phenoxy) is 1. The van der Waals surface area contributed by atoms with E-state index in [1.165, 1.54) is 12.1 Å². The van der Waals surface area contributed by atoms with Crippen LogP contribution in [-0.2, 0) is 14.6 Å². The first kappa shape index (κ1) is 19.1. The number of rotatable bonds is 4. The van der Waals surface area contributed by atoms with E-state index in [1.54, 1.807) is 43.3 Å². The standard InChI is InChI=1S/C19H16ClN2O4S/c1-3-26-19(23)22-12-17(13-4-8-15(20)9-5-13)18(21-22)14-6-10-16(11-7-14)27(2,24)25/h4-11H,3H2,1-2H3. The van der Waals surface area contributed by atoms with Crippen molar-refractivity contribution in [3.8, 4) is 22.4 Å². The third-order valence-corrected chi connectivity index (χ3v) is 5.16. The molecule has 6 nitrogen and oxygen atoms in total. The first-order valence-corrected chi connectivity index (χ1v) is 10.3. The molecule has 1 aromatic heterocycles. The highest BCUT2D eigenvalue weighted by molar-refractivity contribution is 7.90. The Hall–Kier alpha value is -2.64. The third kappa shape index (κ3) is 4.20. The second kappa shape index (κ2) is 7.54. The van der Waals surface area contributed by atoms with Crippen LogP contribution < -0.4 is 0 Å². The van der Waals surface area contributed by atoms with Gasteiger partial charge in [-0.1, -0.05) is 35.9 Å². The van der Waals surface area contributed by atoms with Crippen molar-refractivity contribution in [1.82, 2.24) is 9.78 Å². The molecule has 8 heteroatoms. The molecular weight excluding hydrogens is 388 g/mol. The van der Waals surface area contributed by atoms with Gasteiger partial charge in [-0.15, -0.1) is 0 Å². The van der Waals surface area contributed by atoms with Crippen molar-refractivity contribution in [1.29, 1.82) is 0 Å². The topological polar surface area (TPSA) is 78.3 Å². The van der Waals surface area contributed by atoms with Crippen LogP contribution in [0.25, 0.3) is 22.4 Å². The van der Waals surface area contributed by atoms with Crippen LogP contribution in [-0.4, -0.2) is 37.2 Å². The zero-order chi connectivity index (χ0) is 19.6. The molecular formula is C19H16ClN2O4S. The van der Waals surface area contributed by atoms with Crippen LogP contribution in [0.2, 0.25) is 5.02 Å². The molecule has 2 aromatic carbocycles. The fraction of sp³-hybridized carbons (Fsp3) is 0.158. The van der Waals surface area contributed by atoms with Gasteiger partial charge < -0.3 is 4.74 Å². The van der Waals surface area contributed by atoms with Gasteiger partial charge in [0.05, 0.1) is 11.5 Å². The van der Waals surface area contributed by atoms with Crippen molar-refractivity contribution >= 4 is 27.5 Å². The summed E-state index contributed by atoms with van der Waals surface area (Å²) in [4.78, 5) is 12.3. The maximum absolute atomic E-state index is 12.1. The lowest BCUT2D eigenvalue weighted by molar-refractivity contribution is 0.150. The predicted octanol–water partition coefficient (Wildman–Crippen LogP) is 4.08. The molecule has 0 atom stereocenters. The molecule has 0 N–H and O–H groups in total.